The zero-order valence-corrected chi connectivity index (χ0v) is 14.8. The highest BCUT2D eigenvalue weighted by molar-refractivity contribution is 9.10. The lowest BCUT2D eigenvalue weighted by molar-refractivity contribution is 0.252. The number of urea groups is 1. The molecule has 1 aromatic heterocycles. The maximum Gasteiger partial charge on any atom is 0.319 e. The van der Waals surface area contributed by atoms with Crippen molar-refractivity contribution < 1.29 is 4.79 Å². The topological polar surface area (TPSA) is 80.7 Å². The first-order valence-corrected chi connectivity index (χ1v) is 8.41. The number of nitrogens with one attached hydrogen (secondary N) is 3. The van der Waals surface area contributed by atoms with Gasteiger partial charge in [0.05, 0.1) is 11.6 Å². The molecule has 0 unspecified atom stereocenters. The van der Waals surface area contributed by atoms with Crippen LogP contribution in [0.3, 0.4) is 0 Å². The summed E-state index contributed by atoms with van der Waals surface area (Å²) in [5.41, 5.74) is 4.31. The van der Waals surface area contributed by atoms with Gasteiger partial charge in [-0.3, -0.25) is 0 Å². The van der Waals surface area contributed by atoms with Crippen molar-refractivity contribution in [3.8, 4) is 17.2 Å². The second-order valence-electron chi connectivity index (χ2n) is 5.40. The number of halogens is 1. The quantitative estimate of drug-likeness (QED) is 0.602. The molecule has 1 heterocycles. The number of carbonyl (C=O) groups is 1. The van der Waals surface area contributed by atoms with E-state index in [1.165, 1.54) is 0 Å². The molecule has 0 bridgehead atoms. The van der Waals surface area contributed by atoms with Gasteiger partial charge in [0.1, 0.15) is 0 Å². The third kappa shape index (κ3) is 4.28. The van der Waals surface area contributed by atoms with E-state index in [4.69, 9.17) is 5.26 Å². The Bertz CT molecular complexity index is 908. The second-order valence-corrected chi connectivity index (χ2v) is 6.31. The highest BCUT2D eigenvalue weighted by atomic mass is 79.9. The summed E-state index contributed by atoms with van der Waals surface area (Å²) >= 11 is 3.43. The maximum absolute atomic E-state index is 12.1. The molecule has 5 nitrogen and oxygen atoms in total. The Morgan fingerprint density at radius 1 is 1.08 bits per heavy atom. The standard InChI is InChI=1S/C19H15BrN4O/c20-16-5-3-14(4-6-16)18-12-22-10-15(18)11-23-19(25)24-17-7-1-13(9-21)2-8-17/h1-8,10,12,22H,11H2,(H2,23,24,25). The van der Waals surface area contributed by atoms with Crippen LogP contribution in [0.15, 0.2) is 65.4 Å². The van der Waals surface area contributed by atoms with Crippen molar-refractivity contribution in [1.82, 2.24) is 10.3 Å². The van der Waals surface area contributed by atoms with Crippen LogP contribution in [-0.4, -0.2) is 11.0 Å². The molecule has 2 amide bonds. The number of nitriles is 1. The van der Waals surface area contributed by atoms with Crippen molar-refractivity contribution in [2.75, 3.05) is 5.32 Å². The summed E-state index contributed by atoms with van der Waals surface area (Å²) in [7, 11) is 0. The van der Waals surface area contributed by atoms with Crippen molar-refractivity contribution in [2.24, 2.45) is 0 Å². The Morgan fingerprint density at radius 3 is 2.48 bits per heavy atom. The van der Waals surface area contributed by atoms with Gasteiger partial charge in [-0.15, -0.1) is 0 Å². The molecule has 124 valence electrons. The summed E-state index contributed by atoms with van der Waals surface area (Å²) in [4.78, 5) is 15.1. The van der Waals surface area contributed by atoms with Crippen LogP contribution in [0.2, 0.25) is 0 Å². The van der Waals surface area contributed by atoms with E-state index in [1.54, 1.807) is 24.3 Å². The van der Waals surface area contributed by atoms with Crippen molar-refractivity contribution in [2.45, 2.75) is 6.54 Å². The number of rotatable bonds is 4. The van der Waals surface area contributed by atoms with Crippen LogP contribution < -0.4 is 10.6 Å². The van der Waals surface area contributed by atoms with Crippen molar-refractivity contribution in [1.29, 1.82) is 5.26 Å². The number of H-pyrrole nitrogens is 1. The first-order chi connectivity index (χ1) is 12.2. The van der Waals surface area contributed by atoms with Gasteiger partial charge >= 0.3 is 6.03 Å². The van der Waals surface area contributed by atoms with Gasteiger partial charge in [-0.2, -0.15) is 5.26 Å². The average Bonchev–Trinajstić information content (AvgIpc) is 3.10. The Labute approximate surface area is 153 Å². The number of anilines is 1. The molecular formula is C19H15BrN4O. The normalized spacial score (nSPS) is 10.1. The van der Waals surface area contributed by atoms with E-state index in [0.717, 1.165) is 21.2 Å². The van der Waals surface area contributed by atoms with E-state index >= 15 is 0 Å². The van der Waals surface area contributed by atoms with Crippen LogP contribution in [0.4, 0.5) is 10.5 Å². The van der Waals surface area contributed by atoms with Gasteiger partial charge < -0.3 is 15.6 Å². The number of aromatic amines is 1. The third-order valence-electron chi connectivity index (χ3n) is 3.70. The van der Waals surface area contributed by atoms with Gasteiger partial charge in [0.25, 0.3) is 0 Å². The highest BCUT2D eigenvalue weighted by Crippen LogP contribution is 2.25. The Morgan fingerprint density at radius 2 is 1.80 bits per heavy atom. The van der Waals surface area contributed by atoms with E-state index in [2.05, 4.69) is 31.5 Å². The second kappa shape index (κ2) is 7.69. The van der Waals surface area contributed by atoms with E-state index < -0.39 is 0 Å². The number of aromatic nitrogens is 1. The lowest BCUT2D eigenvalue weighted by atomic mass is 10.1. The van der Waals surface area contributed by atoms with Crippen molar-refractivity contribution >= 4 is 27.6 Å². The number of benzene rings is 2. The summed E-state index contributed by atoms with van der Waals surface area (Å²) in [5.74, 6) is 0. The number of amides is 2. The summed E-state index contributed by atoms with van der Waals surface area (Å²) in [6, 6.07) is 16.5. The van der Waals surface area contributed by atoms with Gasteiger partial charge in [0, 0.05) is 34.7 Å². The average molecular weight is 395 g/mol. The maximum atomic E-state index is 12.1. The summed E-state index contributed by atoms with van der Waals surface area (Å²) < 4.78 is 1.02. The number of carbonyl (C=O) groups excluding carboxylic acids is 1. The molecule has 0 aliphatic heterocycles. The minimum absolute atomic E-state index is 0.298. The van der Waals surface area contributed by atoms with Crippen LogP contribution in [0, 0.1) is 11.3 Å². The monoisotopic (exact) mass is 394 g/mol. The predicted molar refractivity (Wildman–Crippen MR) is 101 cm³/mol. The molecule has 3 N–H and O–H groups in total. The largest absolute Gasteiger partial charge is 0.367 e. The Hall–Kier alpha value is -3.04. The first kappa shape index (κ1) is 16.8. The van der Waals surface area contributed by atoms with Gasteiger partial charge in [-0.25, -0.2) is 4.79 Å². The van der Waals surface area contributed by atoms with Crippen LogP contribution in [0.25, 0.3) is 11.1 Å². The number of hydrogen-bond donors (Lipinski definition) is 3. The van der Waals surface area contributed by atoms with Gasteiger partial charge in [0.15, 0.2) is 0 Å². The number of nitrogens with zero attached hydrogens (tertiary/aromatic N) is 1. The van der Waals surface area contributed by atoms with Gasteiger partial charge in [-0.05, 0) is 47.5 Å². The van der Waals surface area contributed by atoms with Crippen molar-refractivity contribution in [3.05, 3.63) is 76.5 Å². The molecule has 0 fully saturated rings. The number of hydrogen-bond acceptors (Lipinski definition) is 2. The first-order valence-electron chi connectivity index (χ1n) is 7.62. The Kier molecular flexibility index (Phi) is 5.17. The zero-order valence-electron chi connectivity index (χ0n) is 13.2. The third-order valence-corrected chi connectivity index (χ3v) is 4.23. The molecule has 0 radical (unpaired) electrons. The van der Waals surface area contributed by atoms with E-state index in [1.807, 2.05) is 42.7 Å². The molecular weight excluding hydrogens is 380 g/mol. The molecule has 3 aromatic rings. The van der Waals surface area contributed by atoms with Crippen LogP contribution in [0.1, 0.15) is 11.1 Å². The molecule has 25 heavy (non-hydrogen) atoms. The molecule has 0 saturated heterocycles. The van der Waals surface area contributed by atoms with Gasteiger partial charge in [-0.1, -0.05) is 28.1 Å². The van der Waals surface area contributed by atoms with Crippen LogP contribution in [0.5, 0.6) is 0 Å². The van der Waals surface area contributed by atoms with Crippen molar-refractivity contribution in [3.63, 3.8) is 0 Å². The molecule has 0 saturated carbocycles. The fourth-order valence-electron chi connectivity index (χ4n) is 2.42. The lowest BCUT2D eigenvalue weighted by Gasteiger charge is -2.09. The molecule has 2 aromatic carbocycles. The molecule has 0 atom stereocenters. The fraction of sp³-hybridized carbons (Fsp3) is 0.0526. The van der Waals surface area contributed by atoms with E-state index in [0.29, 0.717) is 17.8 Å². The smallest absolute Gasteiger partial charge is 0.319 e. The predicted octanol–water partition coefficient (Wildman–Crippen LogP) is 4.64. The highest BCUT2D eigenvalue weighted by Gasteiger charge is 2.08. The summed E-state index contributed by atoms with van der Waals surface area (Å²) in [6.45, 7) is 0.400. The Balaban J connectivity index is 1.62. The minimum Gasteiger partial charge on any atom is -0.367 e. The summed E-state index contributed by atoms with van der Waals surface area (Å²) in [5, 5.41) is 14.4. The van der Waals surface area contributed by atoms with Gasteiger partial charge in [0.2, 0.25) is 0 Å². The van der Waals surface area contributed by atoms with E-state index in [-0.39, 0.29) is 6.03 Å². The van der Waals surface area contributed by atoms with Crippen LogP contribution >= 0.6 is 15.9 Å². The molecule has 0 aliphatic rings. The SMILES string of the molecule is N#Cc1ccc(NC(=O)NCc2c[nH]cc2-c2ccc(Br)cc2)cc1. The minimum atomic E-state index is -0.298. The molecule has 0 spiro atoms. The zero-order chi connectivity index (χ0) is 17.6. The fourth-order valence-corrected chi connectivity index (χ4v) is 2.68. The van der Waals surface area contributed by atoms with Crippen LogP contribution in [-0.2, 0) is 6.54 Å². The molecule has 6 heteroatoms. The lowest BCUT2D eigenvalue weighted by Crippen LogP contribution is -2.28. The molecule has 0 aliphatic carbocycles. The van der Waals surface area contributed by atoms with E-state index in [9.17, 15) is 4.79 Å². The summed E-state index contributed by atoms with van der Waals surface area (Å²) in [6.07, 6.45) is 3.79. The molecule has 3 rings (SSSR count).